The highest BCUT2D eigenvalue weighted by Crippen LogP contribution is 2.13. The van der Waals surface area contributed by atoms with Gasteiger partial charge in [-0.3, -0.25) is 19.9 Å². The van der Waals surface area contributed by atoms with Crippen LogP contribution in [0.3, 0.4) is 0 Å². The molecule has 0 unspecified atom stereocenters. The van der Waals surface area contributed by atoms with Gasteiger partial charge in [0, 0.05) is 53.4 Å². The lowest BCUT2D eigenvalue weighted by molar-refractivity contribution is 0.298. The third-order valence-corrected chi connectivity index (χ3v) is 8.31. The zero-order valence-electron chi connectivity index (χ0n) is 29.4. The van der Waals surface area contributed by atoms with Crippen molar-refractivity contribution in [2.45, 2.75) is 0 Å². The van der Waals surface area contributed by atoms with Crippen LogP contribution in [0.2, 0.25) is 0 Å². The largest absolute Gasteiger partial charge is 0.340 e. The average molecular weight is 684 g/mol. The molecule has 3 N–H and O–H groups in total. The Morgan fingerprint density at radius 1 is 0.327 bits per heavy atom. The number of hydrogen-bond donors (Lipinski definition) is 3. The molecule has 0 fully saturated rings. The Hall–Kier alpha value is -6.31. The van der Waals surface area contributed by atoms with Crippen molar-refractivity contribution in [3.8, 4) is 0 Å². The molecule has 0 aliphatic carbocycles. The molecule has 0 aliphatic heterocycles. The van der Waals surface area contributed by atoms with Crippen molar-refractivity contribution in [1.29, 1.82) is 0 Å². The minimum atomic E-state index is 0.610. The van der Waals surface area contributed by atoms with Gasteiger partial charge in [-0.15, -0.1) is 0 Å². The number of anilines is 3. The van der Waals surface area contributed by atoms with Gasteiger partial charge in [-0.05, 0) is 36.4 Å². The first kappa shape index (κ1) is 35.5. The van der Waals surface area contributed by atoms with E-state index in [0.29, 0.717) is 19.6 Å². The van der Waals surface area contributed by atoms with E-state index in [-0.39, 0.29) is 0 Å². The van der Waals surface area contributed by atoms with Gasteiger partial charge in [-0.2, -0.15) is 0 Å². The van der Waals surface area contributed by atoms with Crippen molar-refractivity contribution < 1.29 is 0 Å². The van der Waals surface area contributed by atoms with Crippen LogP contribution in [-0.4, -0.2) is 61.7 Å². The highest BCUT2D eigenvalue weighted by Gasteiger charge is 2.10. The summed E-state index contributed by atoms with van der Waals surface area (Å²) in [6.07, 6.45) is 0. The predicted molar refractivity (Wildman–Crippen MR) is 220 cm³/mol. The van der Waals surface area contributed by atoms with Gasteiger partial charge in [0.2, 0.25) is 0 Å². The molecule has 260 valence electrons. The van der Waals surface area contributed by atoms with Crippen molar-refractivity contribution in [3.05, 3.63) is 199 Å². The Balaban J connectivity index is 1.21. The number of para-hydroxylation sites is 3. The minimum Gasteiger partial charge on any atom is -0.340 e. The molecule has 0 atom stereocenters. The van der Waals surface area contributed by atoms with Crippen LogP contribution >= 0.6 is 0 Å². The van der Waals surface area contributed by atoms with Crippen molar-refractivity contribution in [2.75, 3.05) is 55.2 Å². The minimum absolute atomic E-state index is 0.610. The highest BCUT2D eigenvalue weighted by molar-refractivity contribution is 6.09. The lowest BCUT2D eigenvalue weighted by Crippen LogP contribution is -2.33. The first-order chi connectivity index (χ1) is 25.8. The van der Waals surface area contributed by atoms with Gasteiger partial charge < -0.3 is 16.0 Å². The van der Waals surface area contributed by atoms with Gasteiger partial charge in [0.25, 0.3) is 0 Å². The second kappa shape index (κ2) is 19.8. The average Bonchev–Trinajstić information content (AvgIpc) is 3.21. The maximum Gasteiger partial charge on any atom is 0.132 e. The highest BCUT2D eigenvalue weighted by atomic mass is 15.2. The summed E-state index contributed by atoms with van der Waals surface area (Å²) in [7, 11) is 0. The van der Waals surface area contributed by atoms with Crippen molar-refractivity contribution in [2.24, 2.45) is 15.0 Å². The molecule has 52 heavy (non-hydrogen) atoms. The predicted octanol–water partition coefficient (Wildman–Crippen LogP) is 8.97. The number of aliphatic imine (C=N–C) groups is 3. The number of benzene rings is 6. The molecule has 0 amide bonds. The zero-order valence-corrected chi connectivity index (χ0v) is 29.4. The molecule has 6 aromatic rings. The van der Waals surface area contributed by atoms with Gasteiger partial charge >= 0.3 is 0 Å². The summed E-state index contributed by atoms with van der Waals surface area (Å²) in [5.74, 6) is 2.54. The molecule has 7 nitrogen and oxygen atoms in total. The SMILES string of the molecule is c1ccc(NC(=NCCN(CCN=C(Nc2ccccc2)c2ccccc2)CCN=C(Nc2ccccc2)c2ccccc2)c2ccccc2)cc1. The van der Waals surface area contributed by atoms with Crippen LogP contribution < -0.4 is 16.0 Å². The molecule has 0 aromatic heterocycles. The smallest absolute Gasteiger partial charge is 0.132 e. The van der Waals surface area contributed by atoms with E-state index in [9.17, 15) is 0 Å². The van der Waals surface area contributed by atoms with E-state index < -0.39 is 0 Å². The fourth-order valence-electron chi connectivity index (χ4n) is 5.62. The number of nitrogens with one attached hydrogen (secondary N) is 3. The van der Waals surface area contributed by atoms with Gasteiger partial charge in [-0.25, -0.2) is 0 Å². The quantitative estimate of drug-likeness (QED) is 0.0746. The van der Waals surface area contributed by atoms with Crippen molar-refractivity contribution >= 4 is 34.6 Å². The van der Waals surface area contributed by atoms with E-state index in [0.717, 1.165) is 70.9 Å². The molecule has 0 saturated heterocycles. The fraction of sp³-hybridized carbons (Fsp3) is 0.133. The summed E-state index contributed by atoms with van der Waals surface area (Å²) in [5, 5.41) is 10.6. The second-order valence-electron chi connectivity index (χ2n) is 12.1. The van der Waals surface area contributed by atoms with Gasteiger partial charge in [0.05, 0.1) is 19.6 Å². The third kappa shape index (κ3) is 11.4. The topological polar surface area (TPSA) is 76.4 Å². The lowest BCUT2D eigenvalue weighted by atomic mass is 10.2. The van der Waals surface area contributed by atoms with Crippen LogP contribution in [0.15, 0.2) is 197 Å². The number of rotatable bonds is 15. The van der Waals surface area contributed by atoms with Crippen LogP contribution in [-0.2, 0) is 0 Å². The molecule has 6 rings (SSSR count). The van der Waals surface area contributed by atoms with E-state index in [2.05, 4.69) is 93.6 Å². The number of hydrogen-bond acceptors (Lipinski definition) is 4. The molecular formula is C45H45N7. The molecule has 0 heterocycles. The van der Waals surface area contributed by atoms with Crippen LogP contribution in [0.4, 0.5) is 17.1 Å². The van der Waals surface area contributed by atoms with Gasteiger partial charge in [0.1, 0.15) is 17.5 Å². The maximum atomic E-state index is 5.09. The van der Waals surface area contributed by atoms with E-state index in [4.69, 9.17) is 15.0 Å². The standard InChI is InChI=1S/C45H45N7/c1-7-19-37(20-8-1)43(49-40-25-13-4-14-26-40)46-31-34-52(35-32-47-44(38-21-9-2-10-22-38)50-41-27-15-5-16-28-41)36-33-48-45(39-23-11-3-12-24-39)51-42-29-17-6-18-30-42/h1-30H,31-36H2,(H,46,49)(H,47,50)(H,48,51). The van der Waals surface area contributed by atoms with E-state index >= 15 is 0 Å². The molecule has 0 spiro atoms. The Bertz CT molecular complexity index is 1750. The van der Waals surface area contributed by atoms with Crippen LogP contribution in [0.1, 0.15) is 16.7 Å². The zero-order chi connectivity index (χ0) is 35.5. The maximum absolute atomic E-state index is 5.09. The molecule has 6 aromatic carbocycles. The monoisotopic (exact) mass is 683 g/mol. The van der Waals surface area contributed by atoms with E-state index in [1.807, 2.05) is 109 Å². The van der Waals surface area contributed by atoms with E-state index in [1.54, 1.807) is 0 Å². The van der Waals surface area contributed by atoms with Crippen molar-refractivity contribution in [3.63, 3.8) is 0 Å². The first-order valence-electron chi connectivity index (χ1n) is 17.8. The number of amidine groups is 3. The summed E-state index contributed by atoms with van der Waals surface area (Å²) >= 11 is 0. The third-order valence-electron chi connectivity index (χ3n) is 8.31. The second-order valence-corrected chi connectivity index (χ2v) is 12.1. The van der Waals surface area contributed by atoms with Crippen LogP contribution in [0.25, 0.3) is 0 Å². The Morgan fingerprint density at radius 2 is 0.558 bits per heavy atom. The first-order valence-corrected chi connectivity index (χ1v) is 17.8. The summed E-state index contributed by atoms with van der Waals surface area (Å²) in [5.41, 5.74) is 6.15. The van der Waals surface area contributed by atoms with Crippen molar-refractivity contribution in [1.82, 2.24) is 4.90 Å². The summed E-state index contributed by atoms with van der Waals surface area (Å²) < 4.78 is 0. The molecular weight excluding hydrogens is 639 g/mol. The fourth-order valence-corrected chi connectivity index (χ4v) is 5.62. The molecule has 0 aliphatic rings. The van der Waals surface area contributed by atoms with Gasteiger partial charge in [-0.1, -0.05) is 146 Å². The van der Waals surface area contributed by atoms with Crippen LogP contribution in [0.5, 0.6) is 0 Å². The molecule has 0 saturated carbocycles. The Morgan fingerprint density at radius 3 is 0.808 bits per heavy atom. The summed E-state index contributed by atoms with van der Waals surface area (Å²) in [4.78, 5) is 17.7. The molecule has 7 heteroatoms. The molecule has 0 radical (unpaired) electrons. The lowest BCUT2D eigenvalue weighted by Gasteiger charge is -2.21. The van der Waals surface area contributed by atoms with Crippen LogP contribution in [0, 0.1) is 0 Å². The molecule has 0 bridgehead atoms. The Kier molecular flexibility index (Phi) is 13.5. The normalized spacial score (nSPS) is 12.1. The number of nitrogens with zero attached hydrogens (tertiary/aromatic N) is 4. The van der Waals surface area contributed by atoms with E-state index in [1.165, 1.54) is 0 Å². The van der Waals surface area contributed by atoms with Gasteiger partial charge in [0.15, 0.2) is 0 Å². The summed E-state index contributed by atoms with van der Waals surface area (Å²) in [6.45, 7) is 4.07. The summed E-state index contributed by atoms with van der Waals surface area (Å²) in [6, 6.07) is 61.4. The Labute approximate surface area is 307 Å².